The zero-order valence-corrected chi connectivity index (χ0v) is 11.3. The molecule has 2 rings (SSSR count). The number of thiazole rings is 1. The van der Waals surface area contributed by atoms with E-state index in [2.05, 4.69) is 22.4 Å². The Kier molecular flexibility index (Phi) is 4.40. The largest absolute Gasteiger partial charge is 0.357 e. The van der Waals surface area contributed by atoms with Gasteiger partial charge in [0.15, 0.2) is 5.13 Å². The first-order valence-corrected chi connectivity index (χ1v) is 6.95. The Hall–Kier alpha value is -1.06. The number of benzene rings is 1. The van der Waals surface area contributed by atoms with E-state index in [0.717, 1.165) is 23.8 Å². The van der Waals surface area contributed by atoms with Crippen LogP contribution in [0.15, 0.2) is 30.3 Å². The monoisotopic (exact) mass is 266 g/mol. The molecule has 0 radical (unpaired) electrons. The van der Waals surface area contributed by atoms with Crippen LogP contribution in [0.3, 0.4) is 0 Å². The van der Waals surface area contributed by atoms with E-state index in [1.54, 1.807) is 11.3 Å². The van der Waals surface area contributed by atoms with Crippen LogP contribution in [-0.2, 0) is 13.0 Å². The first-order valence-electron chi connectivity index (χ1n) is 5.59. The first kappa shape index (κ1) is 12.4. The van der Waals surface area contributed by atoms with Crippen molar-refractivity contribution in [3.63, 3.8) is 0 Å². The average Bonchev–Trinajstić information content (AvgIpc) is 2.70. The van der Waals surface area contributed by atoms with E-state index in [-0.39, 0.29) is 0 Å². The molecule has 0 saturated heterocycles. The Morgan fingerprint density at radius 3 is 2.76 bits per heavy atom. The molecule has 0 aliphatic heterocycles. The number of nitrogens with one attached hydrogen (secondary N) is 1. The van der Waals surface area contributed by atoms with Gasteiger partial charge < -0.3 is 5.32 Å². The van der Waals surface area contributed by atoms with Crippen LogP contribution in [-0.4, -0.2) is 10.9 Å². The second-order valence-electron chi connectivity index (χ2n) is 3.81. The van der Waals surface area contributed by atoms with Crippen molar-refractivity contribution in [2.75, 3.05) is 11.2 Å². The molecule has 1 aromatic heterocycles. The van der Waals surface area contributed by atoms with Gasteiger partial charge in [-0.05, 0) is 18.9 Å². The van der Waals surface area contributed by atoms with Crippen LogP contribution >= 0.6 is 22.9 Å². The van der Waals surface area contributed by atoms with Crippen LogP contribution in [0.25, 0.3) is 0 Å². The van der Waals surface area contributed by atoms with E-state index in [0.29, 0.717) is 5.88 Å². The Morgan fingerprint density at radius 2 is 2.06 bits per heavy atom. The standard InChI is InChI=1S/C13H15ClN2S/c1-10-12(7-8-14)17-13(16-10)15-9-11-5-3-2-4-6-11/h2-6H,7-9H2,1H3,(H,15,16). The molecule has 0 atom stereocenters. The van der Waals surface area contributed by atoms with Gasteiger partial charge in [0, 0.05) is 17.3 Å². The van der Waals surface area contributed by atoms with Gasteiger partial charge in [-0.3, -0.25) is 0 Å². The quantitative estimate of drug-likeness (QED) is 0.832. The molecule has 0 spiro atoms. The fraction of sp³-hybridized carbons (Fsp3) is 0.308. The number of halogens is 1. The normalized spacial score (nSPS) is 10.5. The molecule has 4 heteroatoms. The van der Waals surface area contributed by atoms with Gasteiger partial charge in [0.1, 0.15) is 0 Å². The molecule has 1 N–H and O–H groups in total. The summed E-state index contributed by atoms with van der Waals surface area (Å²) in [6.07, 6.45) is 0.901. The number of hydrogen-bond acceptors (Lipinski definition) is 3. The lowest BCUT2D eigenvalue weighted by atomic mass is 10.2. The number of anilines is 1. The van der Waals surface area contributed by atoms with Crippen LogP contribution in [0.4, 0.5) is 5.13 Å². The van der Waals surface area contributed by atoms with Crippen molar-refractivity contribution in [1.82, 2.24) is 4.98 Å². The summed E-state index contributed by atoms with van der Waals surface area (Å²) in [6.45, 7) is 2.85. The molecule has 2 aromatic rings. The smallest absolute Gasteiger partial charge is 0.183 e. The molecule has 17 heavy (non-hydrogen) atoms. The van der Waals surface area contributed by atoms with E-state index < -0.39 is 0 Å². The molecule has 0 unspecified atom stereocenters. The minimum atomic E-state index is 0.654. The third-order valence-corrected chi connectivity index (χ3v) is 3.86. The summed E-state index contributed by atoms with van der Waals surface area (Å²) >= 11 is 7.45. The summed E-state index contributed by atoms with van der Waals surface area (Å²) in [5.41, 5.74) is 2.35. The number of rotatable bonds is 5. The summed E-state index contributed by atoms with van der Waals surface area (Å²) in [4.78, 5) is 5.77. The van der Waals surface area contributed by atoms with Gasteiger partial charge in [-0.15, -0.1) is 22.9 Å². The maximum atomic E-state index is 5.75. The number of alkyl halides is 1. The second-order valence-corrected chi connectivity index (χ2v) is 5.27. The molecule has 0 aliphatic rings. The summed E-state index contributed by atoms with van der Waals surface area (Å²) < 4.78 is 0. The zero-order chi connectivity index (χ0) is 12.1. The van der Waals surface area contributed by atoms with Crippen LogP contribution in [0.1, 0.15) is 16.1 Å². The first-order chi connectivity index (χ1) is 8.29. The lowest BCUT2D eigenvalue weighted by molar-refractivity contribution is 1.09. The zero-order valence-electron chi connectivity index (χ0n) is 9.74. The maximum Gasteiger partial charge on any atom is 0.183 e. The van der Waals surface area contributed by atoms with Crippen molar-refractivity contribution in [2.24, 2.45) is 0 Å². The molecule has 0 aliphatic carbocycles. The van der Waals surface area contributed by atoms with Crippen molar-refractivity contribution >= 4 is 28.1 Å². The van der Waals surface area contributed by atoms with Gasteiger partial charge >= 0.3 is 0 Å². The molecular formula is C13H15ClN2S. The molecule has 1 aromatic carbocycles. The van der Waals surface area contributed by atoms with Gasteiger partial charge in [0.2, 0.25) is 0 Å². The maximum absolute atomic E-state index is 5.75. The lowest BCUT2D eigenvalue weighted by Crippen LogP contribution is -1.98. The van der Waals surface area contributed by atoms with Crippen LogP contribution in [0.5, 0.6) is 0 Å². The Bertz CT molecular complexity index is 468. The van der Waals surface area contributed by atoms with Crippen LogP contribution in [0, 0.1) is 6.92 Å². The molecule has 0 amide bonds. The highest BCUT2D eigenvalue weighted by atomic mass is 35.5. The van der Waals surface area contributed by atoms with Gasteiger partial charge in [0.25, 0.3) is 0 Å². The SMILES string of the molecule is Cc1nc(NCc2ccccc2)sc1CCCl. The lowest BCUT2D eigenvalue weighted by Gasteiger charge is -2.01. The van der Waals surface area contributed by atoms with Gasteiger partial charge in [-0.1, -0.05) is 30.3 Å². The Balaban J connectivity index is 1.97. The fourth-order valence-electron chi connectivity index (χ4n) is 1.59. The summed E-state index contributed by atoms with van der Waals surface area (Å²) in [5.74, 6) is 0.654. The number of nitrogens with zero attached hydrogens (tertiary/aromatic N) is 1. The van der Waals surface area contributed by atoms with Gasteiger partial charge in [-0.25, -0.2) is 4.98 Å². The van der Waals surface area contributed by atoms with E-state index in [1.165, 1.54) is 10.4 Å². The van der Waals surface area contributed by atoms with Crippen molar-refractivity contribution in [2.45, 2.75) is 19.9 Å². The molecule has 0 bridgehead atoms. The van der Waals surface area contributed by atoms with E-state index in [1.807, 2.05) is 25.1 Å². The molecule has 90 valence electrons. The van der Waals surface area contributed by atoms with Crippen LogP contribution < -0.4 is 5.32 Å². The average molecular weight is 267 g/mol. The summed E-state index contributed by atoms with van der Waals surface area (Å²) in [6, 6.07) is 10.3. The number of aromatic nitrogens is 1. The second kappa shape index (κ2) is 6.03. The third kappa shape index (κ3) is 3.45. The third-order valence-electron chi connectivity index (χ3n) is 2.50. The van der Waals surface area contributed by atoms with Crippen molar-refractivity contribution in [3.05, 3.63) is 46.5 Å². The van der Waals surface area contributed by atoms with Crippen molar-refractivity contribution < 1.29 is 0 Å². The molecular weight excluding hydrogens is 252 g/mol. The molecule has 1 heterocycles. The minimum absolute atomic E-state index is 0.654. The van der Waals surface area contributed by atoms with E-state index >= 15 is 0 Å². The highest BCUT2D eigenvalue weighted by Crippen LogP contribution is 2.23. The predicted octanol–water partition coefficient (Wildman–Crippen LogP) is 3.84. The topological polar surface area (TPSA) is 24.9 Å². The minimum Gasteiger partial charge on any atom is -0.357 e. The number of hydrogen-bond donors (Lipinski definition) is 1. The Morgan fingerprint density at radius 1 is 1.29 bits per heavy atom. The summed E-state index contributed by atoms with van der Waals surface area (Å²) in [7, 11) is 0. The Labute approximate surface area is 111 Å². The van der Waals surface area contributed by atoms with Crippen LogP contribution in [0.2, 0.25) is 0 Å². The highest BCUT2D eigenvalue weighted by Gasteiger charge is 2.06. The molecule has 0 fully saturated rings. The highest BCUT2D eigenvalue weighted by molar-refractivity contribution is 7.15. The molecule has 0 saturated carbocycles. The van der Waals surface area contributed by atoms with E-state index in [4.69, 9.17) is 11.6 Å². The van der Waals surface area contributed by atoms with Crippen molar-refractivity contribution in [3.8, 4) is 0 Å². The van der Waals surface area contributed by atoms with Gasteiger partial charge in [0.05, 0.1) is 5.69 Å². The van der Waals surface area contributed by atoms with Gasteiger partial charge in [-0.2, -0.15) is 0 Å². The molecule has 2 nitrogen and oxygen atoms in total. The number of aryl methyl sites for hydroxylation is 2. The predicted molar refractivity (Wildman–Crippen MR) is 75.0 cm³/mol. The summed E-state index contributed by atoms with van der Waals surface area (Å²) in [5, 5.41) is 4.32. The van der Waals surface area contributed by atoms with Crippen molar-refractivity contribution in [1.29, 1.82) is 0 Å². The fourth-order valence-corrected chi connectivity index (χ4v) is 2.85. The van der Waals surface area contributed by atoms with E-state index in [9.17, 15) is 0 Å².